The lowest BCUT2D eigenvalue weighted by Crippen LogP contribution is -2.22. The highest BCUT2D eigenvalue weighted by atomic mass is 16.1. The van der Waals surface area contributed by atoms with Gasteiger partial charge in [0.2, 0.25) is 0 Å². The summed E-state index contributed by atoms with van der Waals surface area (Å²) in [6, 6.07) is 1.98. The molecule has 0 radical (unpaired) electrons. The summed E-state index contributed by atoms with van der Waals surface area (Å²) in [6.07, 6.45) is 3.57. The van der Waals surface area contributed by atoms with E-state index in [0.29, 0.717) is 11.8 Å². The maximum atomic E-state index is 11.5. The number of nitrogens with zero attached hydrogens (tertiary/aromatic N) is 1. The van der Waals surface area contributed by atoms with Crippen molar-refractivity contribution in [2.45, 2.75) is 44.9 Å². The summed E-state index contributed by atoms with van der Waals surface area (Å²) >= 11 is 0. The average Bonchev–Trinajstić information content (AvgIpc) is 2.05. The third-order valence-electron chi connectivity index (χ3n) is 2.99. The Bertz CT molecular complexity index is 377. The van der Waals surface area contributed by atoms with Crippen molar-refractivity contribution in [1.82, 2.24) is 10.2 Å². The maximum Gasteiger partial charge on any atom is 0.267 e. The molecule has 14 heavy (non-hydrogen) atoms. The molecule has 0 amide bonds. The Labute approximate surface area is 83.5 Å². The first-order valence-corrected chi connectivity index (χ1v) is 5.28. The highest BCUT2D eigenvalue weighted by molar-refractivity contribution is 5.21. The quantitative estimate of drug-likeness (QED) is 0.780. The molecule has 1 aliphatic rings. The van der Waals surface area contributed by atoms with Crippen LogP contribution in [0.25, 0.3) is 0 Å². The van der Waals surface area contributed by atoms with E-state index in [4.69, 9.17) is 0 Å². The van der Waals surface area contributed by atoms with Gasteiger partial charge in [0.1, 0.15) is 0 Å². The molecule has 1 aromatic rings. The second-order valence-electron chi connectivity index (χ2n) is 4.36. The zero-order chi connectivity index (χ0) is 10.1. The van der Waals surface area contributed by atoms with Gasteiger partial charge in [-0.15, -0.1) is 0 Å². The normalized spacial score (nSPS) is 17.1. The van der Waals surface area contributed by atoms with E-state index in [1.54, 1.807) is 0 Å². The number of H-pyrrole nitrogens is 1. The van der Waals surface area contributed by atoms with Gasteiger partial charge in [-0.2, -0.15) is 5.10 Å². The van der Waals surface area contributed by atoms with Crippen molar-refractivity contribution in [3.8, 4) is 0 Å². The zero-order valence-electron chi connectivity index (χ0n) is 8.71. The highest BCUT2D eigenvalue weighted by Crippen LogP contribution is 2.34. The molecule has 0 bridgehead atoms. The van der Waals surface area contributed by atoms with Gasteiger partial charge in [0.15, 0.2) is 0 Å². The van der Waals surface area contributed by atoms with E-state index in [1.807, 2.05) is 6.07 Å². The van der Waals surface area contributed by atoms with Crippen LogP contribution in [0.15, 0.2) is 10.9 Å². The van der Waals surface area contributed by atoms with Crippen LogP contribution in [0.1, 0.15) is 56.2 Å². The largest absolute Gasteiger partial charge is 0.268 e. The highest BCUT2D eigenvalue weighted by Gasteiger charge is 2.22. The molecule has 0 atom stereocenters. The minimum absolute atomic E-state index is 0.000833. The Hall–Kier alpha value is -1.12. The van der Waals surface area contributed by atoms with Crippen LogP contribution < -0.4 is 5.56 Å². The van der Waals surface area contributed by atoms with Crippen molar-refractivity contribution in [2.24, 2.45) is 0 Å². The second-order valence-corrected chi connectivity index (χ2v) is 4.36. The molecule has 2 rings (SSSR count). The molecule has 1 N–H and O–H groups in total. The van der Waals surface area contributed by atoms with Crippen molar-refractivity contribution < 1.29 is 0 Å². The van der Waals surface area contributed by atoms with E-state index in [1.165, 1.54) is 6.42 Å². The summed E-state index contributed by atoms with van der Waals surface area (Å²) in [5.74, 6) is 0.866. The molecule has 0 spiro atoms. The van der Waals surface area contributed by atoms with Gasteiger partial charge in [-0.05, 0) is 30.7 Å². The first kappa shape index (κ1) is 9.44. The molecule has 76 valence electrons. The predicted molar refractivity (Wildman–Crippen MR) is 55.5 cm³/mol. The van der Waals surface area contributed by atoms with Crippen LogP contribution in [0, 0.1) is 0 Å². The topological polar surface area (TPSA) is 45.8 Å². The summed E-state index contributed by atoms with van der Waals surface area (Å²) in [6.45, 7) is 4.18. The lowest BCUT2D eigenvalue weighted by molar-refractivity contribution is 0.415. The molecule has 3 nitrogen and oxygen atoms in total. The summed E-state index contributed by atoms with van der Waals surface area (Å²) in [7, 11) is 0. The zero-order valence-corrected chi connectivity index (χ0v) is 8.71. The predicted octanol–water partition coefficient (Wildman–Crippen LogP) is 2.16. The summed E-state index contributed by atoms with van der Waals surface area (Å²) < 4.78 is 0. The van der Waals surface area contributed by atoms with E-state index >= 15 is 0 Å². The smallest absolute Gasteiger partial charge is 0.267 e. The molecule has 3 heteroatoms. The number of hydrogen-bond acceptors (Lipinski definition) is 2. The van der Waals surface area contributed by atoms with Crippen molar-refractivity contribution in [3.63, 3.8) is 0 Å². The van der Waals surface area contributed by atoms with Crippen LogP contribution in [0.3, 0.4) is 0 Å². The van der Waals surface area contributed by atoms with Gasteiger partial charge in [-0.1, -0.05) is 20.3 Å². The number of hydrogen-bond donors (Lipinski definition) is 1. The average molecular weight is 192 g/mol. The first-order valence-electron chi connectivity index (χ1n) is 5.28. The first-order chi connectivity index (χ1) is 6.68. The Balaban J connectivity index is 2.36. The molecular formula is C11H16N2O. The van der Waals surface area contributed by atoms with Crippen LogP contribution in [-0.2, 0) is 0 Å². The van der Waals surface area contributed by atoms with E-state index in [-0.39, 0.29) is 5.56 Å². The van der Waals surface area contributed by atoms with Gasteiger partial charge in [-0.3, -0.25) is 4.79 Å². The molecular weight excluding hydrogens is 176 g/mol. The molecule has 0 unspecified atom stereocenters. The van der Waals surface area contributed by atoms with Crippen LogP contribution >= 0.6 is 0 Å². The van der Waals surface area contributed by atoms with Crippen LogP contribution in [0.4, 0.5) is 0 Å². The molecule has 1 heterocycles. The fourth-order valence-electron chi connectivity index (χ4n) is 1.76. The fraction of sp³-hybridized carbons (Fsp3) is 0.636. The molecule has 0 aliphatic heterocycles. The standard InChI is InChI=1S/C11H16N2O/c1-7(2)10-6-9(8-4-3-5-8)11(14)13-12-10/h6-8H,3-5H2,1-2H3,(H,13,14). The van der Waals surface area contributed by atoms with Crippen molar-refractivity contribution in [1.29, 1.82) is 0 Å². The lowest BCUT2D eigenvalue weighted by Gasteiger charge is -2.25. The van der Waals surface area contributed by atoms with Crippen LogP contribution in [0.5, 0.6) is 0 Å². The van der Waals surface area contributed by atoms with Gasteiger partial charge in [0.25, 0.3) is 5.56 Å². The number of aromatic amines is 1. The number of aromatic nitrogens is 2. The molecule has 1 saturated carbocycles. The monoisotopic (exact) mass is 192 g/mol. The third kappa shape index (κ3) is 1.59. The molecule has 1 aromatic heterocycles. The van der Waals surface area contributed by atoms with Crippen molar-refractivity contribution in [2.75, 3.05) is 0 Å². The molecule has 0 aromatic carbocycles. The second kappa shape index (κ2) is 3.56. The molecule has 0 saturated heterocycles. The molecule has 1 fully saturated rings. The van der Waals surface area contributed by atoms with Gasteiger partial charge in [-0.25, -0.2) is 5.10 Å². The minimum atomic E-state index is -0.000833. The lowest BCUT2D eigenvalue weighted by atomic mass is 9.80. The van der Waals surface area contributed by atoms with E-state index in [2.05, 4.69) is 24.0 Å². The summed E-state index contributed by atoms with van der Waals surface area (Å²) in [5, 5.41) is 6.64. The van der Waals surface area contributed by atoms with Crippen LogP contribution in [0.2, 0.25) is 0 Å². The van der Waals surface area contributed by atoms with E-state index < -0.39 is 0 Å². The van der Waals surface area contributed by atoms with Gasteiger partial charge < -0.3 is 0 Å². The Kier molecular flexibility index (Phi) is 2.40. The third-order valence-corrected chi connectivity index (χ3v) is 2.99. The SMILES string of the molecule is CC(C)c1cc(C2CCC2)c(=O)[nH]n1. The fourth-order valence-corrected chi connectivity index (χ4v) is 1.76. The Morgan fingerprint density at radius 3 is 2.71 bits per heavy atom. The van der Waals surface area contributed by atoms with Gasteiger partial charge in [0, 0.05) is 5.56 Å². The Morgan fingerprint density at radius 2 is 2.21 bits per heavy atom. The van der Waals surface area contributed by atoms with E-state index in [9.17, 15) is 4.79 Å². The summed E-state index contributed by atoms with van der Waals surface area (Å²) in [4.78, 5) is 11.5. The van der Waals surface area contributed by atoms with E-state index in [0.717, 1.165) is 24.1 Å². The van der Waals surface area contributed by atoms with Crippen LogP contribution in [-0.4, -0.2) is 10.2 Å². The Morgan fingerprint density at radius 1 is 1.50 bits per heavy atom. The van der Waals surface area contributed by atoms with Gasteiger partial charge in [0.05, 0.1) is 5.69 Å². The number of rotatable bonds is 2. The molecule has 1 aliphatic carbocycles. The summed E-state index contributed by atoms with van der Waals surface area (Å²) in [5.41, 5.74) is 1.93. The van der Waals surface area contributed by atoms with Gasteiger partial charge >= 0.3 is 0 Å². The number of nitrogens with one attached hydrogen (secondary N) is 1. The van der Waals surface area contributed by atoms with Crippen molar-refractivity contribution >= 4 is 0 Å². The minimum Gasteiger partial charge on any atom is -0.268 e. The van der Waals surface area contributed by atoms with Crippen molar-refractivity contribution in [3.05, 3.63) is 27.7 Å². The maximum absolute atomic E-state index is 11.5.